The molecule has 0 aromatic heterocycles. The van der Waals surface area contributed by atoms with E-state index in [1.807, 2.05) is 29.2 Å². The Labute approximate surface area is 154 Å². The molecule has 1 saturated heterocycles. The van der Waals surface area contributed by atoms with Gasteiger partial charge in [0.05, 0.1) is 7.11 Å². The lowest BCUT2D eigenvalue weighted by atomic mass is 10.2. The summed E-state index contributed by atoms with van der Waals surface area (Å²) < 4.78 is 10.8. The van der Waals surface area contributed by atoms with Crippen LogP contribution < -0.4 is 19.7 Å². The molecule has 0 spiro atoms. The number of urea groups is 1. The van der Waals surface area contributed by atoms with Gasteiger partial charge in [-0.25, -0.2) is 4.79 Å². The summed E-state index contributed by atoms with van der Waals surface area (Å²) in [7, 11) is 1.59. The Morgan fingerprint density at radius 1 is 1.04 bits per heavy atom. The van der Waals surface area contributed by atoms with Crippen LogP contribution in [0.3, 0.4) is 0 Å². The number of piperazine rings is 1. The zero-order valence-corrected chi connectivity index (χ0v) is 15.3. The standard InChI is InChI=1S/C20H25N3O3/c1-16-6-5-7-17(14-16)22-10-12-23(13-11-22)20(24)21-15-26-19-9-4-3-8-18(19)25-2/h3-9,14H,10-13,15H2,1-2H3,(H,21,24). The molecule has 1 heterocycles. The molecule has 0 radical (unpaired) electrons. The van der Waals surface area contributed by atoms with Gasteiger partial charge in [-0.3, -0.25) is 0 Å². The van der Waals surface area contributed by atoms with Gasteiger partial charge in [0, 0.05) is 31.9 Å². The number of nitrogens with zero attached hydrogens (tertiary/aromatic N) is 2. The van der Waals surface area contributed by atoms with Crippen molar-refractivity contribution in [1.29, 1.82) is 0 Å². The number of hydrogen-bond acceptors (Lipinski definition) is 4. The highest BCUT2D eigenvalue weighted by atomic mass is 16.5. The van der Waals surface area contributed by atoms with E-state index in [1.165, 1.54) is 11.3 Å². The summed E-state index contributed by atoms with van der Waals surface area (Å²) in [5, 5.41) is 2.81. The molecule has 0 saturated carbocycles. The van der Waals surface area contributed by atoms with Crippen LogP contribution in [0.2, 0.25) is 0 Å². The monoisotopic (exact) mass is 355 g/mol. The largest absolute Gasteiger partial charge is 0.493 e. The molecule has 1 aliphatic rings. The lowest BCUT2D eigenvalue weighted by molar-refractivity contribution is 0.180. The summed E-state index contributed by atoms with van der Waals surface area (Å²) in [6.45, 7) is 5.23. The number of aryl methyl sites for hydroxylation is 1. The maximum Gasteiger partial charge on any atom is 0.320 e. The van der Waals surface area contributed by atoms with Gasteiger partial charge in [-0.2, -0.15) is 0 Å². The van der Waals surface area contributed by atoms with Gasteiger partial charge in [0.1, 0.15) is 0 Å². The van der Waals surface area contributed by atoms with E-state index in [0.717, 1.165) is 13.1 Å². The first-order valence-corrected chi connectivity index (χ1v) is 8.77. The molecule has 0 unspecified atom stereocenters. The summed E-state index contributed by atoms with van der Waals surface area (Å²) in [6, 6.07) is 15.7. The molecule has 0 aliphatic carbocycles. The SMILES string of the molecule is COc1ccccc1OCNC(=O)N1CCN(c2cccc(C)c2)CC1. The highest BCUT2D eigenvalue weighted by Crippen LogP contribution is 2.25. The van der Waals surface area contributed by atoms with E-state index in [-0.39, 0.29) is 12.8 Å². The number of methoxy groups -OCH3 is 1. The summed E-state index contributed by atoms with van der Waals surface area (Å²) in [6.07, 6.45) is 0. The Hall–Kier alpha value is -2.89. The van der Waals surface area contributed by atoms with Gasteiger partial charge < -0.3 is 24.6 Å². The topological polar surface area (TPSA) is 54.0 Å². The van der Waals surface area contributed by atoms with Crippen molar-refractivity contribution in [3.05, 3.63) is 54.1 Å². The van der Waals surface area contributed by atoms with Gasteiger partial charge in [-0.1, -0.05) is 24.3 Å². The highest BCUT2D eigenvalue weighted by Gasteiger charge is 2.21. The molecule has 0 bridgehead atoms. The Morgan fingerprint density at radius 3 is 2.46 bits per heavy atom. The lowest BCUT2D eigenvalue weighted by Gasteiger charge is -2.36. The Morgan fingerprint density at radius 2 is 1.77 bits per heavy atom. The third kappa shape index (κ3) is 4.39. The lowest BCUT2D eigenvalue weighted by Crippen LogP contribution is -2.52. The first kappa shape index (κ1) is 17.9. The van der Waals surface area contributed by atoms with Crippen LogP contribution in [0.4, 0.5) is 10.5 Å². The molecule has 2 amide bonds. The van der Waals surface area contributed by atoms with Crippen LogP contribution in [0.1, 0.15) is 5.56 Å². The van der Waals surface area contributed by atoms with E-state index in [2.05, 4.69) is 41.4 Å². The number of para-hydroxylation sites is 2. The molecule has 2 aromatic rings. The predicted molar refractivity (Wildman–Crippen MR) is 102 cm³/mol. The second-order valence-corrected chi connectivity index (χ2v) is 6.23. The normalized spacial score (nSPS) is 14.1. The number of carbonyl (C=O) groups is 1. The number of ether oxygens (including phenoxy) is 2. The second-order valence-electron chi connectivity index (χ2n) is 6.23. The molecule has 1 fully saturated rings. The molecule has 1 aliphatic heterocycles. The maximum atomic E-state index is 12.3. The van der Waals surface area contributed by atoms with Crippen molar-refractivity contribution < 1.29 is 14.3 Å². The predicted octanol–water partition coefficient (Wildman–Crippen LogP) is 2.87. The number of anilines is 1. The third-order valence-electron chi connectivity index (χ3n) is 4.45. The fraction of sp³-hybridized carbons (Fsp3) is 0.350. The first-order valence-electron chi connectivity index (χ1n) is 8.77. The van der Waals surface area contributed by atoms with Crippen molar-refractivity contribution in [2.24, 2.45) is 0 Å². The average molecular weight is 355 g/mol. The number of amides is 2. The minimum absolute atomic E-state index is 0.108. The molecule has 6 heteroatoms. The minimum Gasteiger partial charge on any atom is -0.493 e. The van der Waals surface area contributed by atoms with Crippen molar-refractivity contribution in [2.45, 2.75) is 6.92 Å². The number of carbonyl (C=O) groups excluding carboxylic acids is 1. The van der Waals surface area contributed by atoms with Gasteiger partial charge >= 0.3 is 6.03 Å². The van der Waals surface area contributed by atoms with Gasteiger partial charge in [0.15, 0.2) is 18.2 Å². The zero-order chi connectivity index (χ0) is 18.4. The molecule has 3 rings (SSSR count). The van der Waals surface area contributed by atoms with Crippen molar-refractivity contribution in [1.82, 2.24) is 10.2 Å². The summed E-state index contributed by atoms with van der Waals surface area (Å²) in [5.74, 6) is 1.26. The highest BCUT2D eigenvalue weighted by molar-refractivity contribution is 5.74. The molecule has 138 valence electrons. The quantitative estimate of drug-likeness (QED) is 0.838. The van der Waals surface area contributed by atoms with Gasteiger partial charge in [0.2, 0.25) is 0 Å². The van der Waals surface area contributed by atoms with Crippen LogP contribution >= 0.6 is 0 Å². The molecule has 0 atom stereocenters. The van der Waals surface area contributed by atoms with E-state index < -0.39 is 0 Å². The van der Waals surface area contributed by atoms with E-state index >= 15 is 0 Å². The Balaban J connectivity index is 1.45. The van der Waals surface area contributed by atoms with E-state index in [1.54, 1.807) is 7.11 Å². The average Bonchev–Trinajstić information content (AvgIpc) is 2.68. The smallest absolute Gasteiger partial charge is 0.320 e. The van der Waals surface area contributed by atoms with E-state index in [0.29, 0.717) is 24.6 Å². The summed E-state index contributed by atoms with van der Waals surface area (Å²) >= 11 is 0. The van der Waals surface area contributed by atoms with Crippen LogP contribution in [0.15, 0.2) is 48.5 Å². The van der Waals surface area contributed by atoms with Crippen LogP contribution in [0.5, 0.6) is 11.5 Å². The maximum absolute atomic E-state index is 12.3. The van der Waals surface area contributed by atoms with E-state index in [9.17, 15) is 4.79 Å². The number of hydrogen-bond donors (Lipinski definition) is 1. The van der Waals surface area contributed by atoms with Gasteiger partial charge in [0.25, 0.3) is 0 Å². The third-order valence-corrected chi connectivity index (χ3v) is 4.45. The van der Waals surface area contributed by atoms with Crippen LogP contribution in [-0.2, 0) is 0 Å². The van der Waals surface area contributed by atoms with Gasteiger partial charge in [-0.15, -0.1) is 0 Å². The molecule has 26 heavy (non-hydrogen) atoms. The van der Waals surface area contributed by atoms with Gasteiger partial charge in [-0.05, 0) is 36.8 Å². The molecular formula is C20H25N3O3. The first-order chi connectivity index (χ1) is 12.7. The summed E-state index contributed by atoms with van der Waals surface area (Å²) in [4.78, 5) is 16.5. The fourth-order valence-corrected chi connectivity index (χ4v) is 3.02. The molecule has 6 nitrogen and oxygen atoms in total. The number of nitrogens with one attached hydrogen (secondary N) is 1. The van der Waals surface area contributed by atoms with Crippen molar-refractivity contribution >= 4 is 11.7 Å². The van der Waals surface area contributed by atoms with Crippen molar-refractivity contribution in [3.63, 3.8) is 0 Å². The van der Waals surface area contributed by atoms with Crippen molar-refractivity contribution in [3.8, 4) is 11.5 Å². The molecule has 2 aromatic carbocycles. The van der Waals surface area contributed by atoms with Crippen molar-refractivity contribution in [2.75, 3.05) is 44.9 Å². The Kier molecular flexibility index (Phi) is 5.84. The molecular weight excluding hydrogens is 330 g/mol. The molecule has 1 N–H and O–H groups in total. The van der Waals surface area contributed by atoms with Crippen LogP contribution in [-0.4, -0.2) is 51.0 Å². The van der Waals surface area contributed by atoms with Crippen LogP contribution in [0.25, 0.3) is 0 Å². The minimum atomic E-state index is -0.108. The number of rotatable bonds is 5. The Bertz CT molecular complexity index is 743. The fourth-order valence-electron chi connectivity index (χ4n) is 3.02. The summed E-state index contributed by atoms with van der Waals surface area (Å²) in [5.41, 5.74) is 2.46. The van der Waals surface area contributed by atoms with Crippen LogP contribution in [0, 0.1) is 6.92 Å². The second kappa shape index (κ2) is 8.47. The van der Waals surface area contributed by atoms with E-state index in [4.69, 9.17) is 9.47 Å². The zero-order valence-electron chi connectivity index (χ0n) is 15.3. The number of benzene rings is 2.